The minimum Gasteiger partial charge on any atom is -0.345 e. The predicted octanol–water partition coefficient (Wildman–Crippen LogP) is 2.08. The van der Waals surface area contributed by atoms with Crippen molar-refractivity contribution in [2.45, 2.75) is 20.0 Å². The summed E-state index contributed by atoms with van der Waals surface area (Å²) in [6.07, 6.45) is 1.62. The van der Waals surface area contributed by atoms with Crippen LogP contribution in [0.3, 0.4) is 0 Å². The molecule has 0 aliphatic rings. The van der Waals surface area contributed by atoms with Crippen molar-refractivity contribution >= 4 is 5.91 Å². The highest BCUT2D eigenvalue weighted by Crippen LogP contribution is 2.07. The second-order valence-electron chi connectivity index (χ2n) is 7.26. The van der Waals surface area contributed by atoms with Crippen LogP contribution in [-0.4, -0.2) is 25.2 Å². The van der Waals surface area contributed by atoms with Crippen LogP contribution in [0.5, 0.6) is 0 Å². The number of aryl methyl sites for hydroxylation is 1. The summed E-state index contributed by atoms with van der Waals surface area (Å²) < 4.78 is 2.12. The monoisotopic (exact) mass is 427 g/mol. The molecule has 1 amide bonds. The molecular weight excluding hydrogens is 406 g/mol. The van der Waals surface area contributed by atoms with Gasteiger partial charge in [-0.1, -0.05) is 48.5 Å². The molecule has 0 unspecified atom stereocenters. The van der Waals surface area contributed by atoms with E-state index in [9.17, 15) is 14.4 Å². The Morgan fingerprint density at radius 3 is 2.47 bits per heavy atom. The molecule has 4 aromatic rings. The van der Waals surface area contributed by atoms with Crippen molar-refractivity contribution in [1.29, 1.82) is 0 Å². The maximum Gasteiger partial charge on any atom is 0.352 e. The molecule has 2 heterocycles. The Hall–Kier alpha value is -4.33. The van der Waals surface area contributed by atoms with Crippen molar-refractivity contribution in [1.82, 2.24) is 24.6 Å². The van der Waals surface area contributed by atoms with E-state index < -0.39 is 17.2 Å². The van der Waals surface area contributed by atoms with Gasteiger partial charge >= 0.3 is 5.69 Å². The van der Waals surface area contributed by atoms with E-state index in [-0.39, 0.29) is 18.8 Å². The van der Waals surface area contributed by atoms with E-state index in [0.717, 1.165) is 20.4 Å². The zero-order valence-corrected chi connectivity index (χ0v) is 17.4. The quantitative estimate of drug-likeness (QED) is 0.508. The Morgan fingerprint density at radius 1 is 0.969 bits per heavy atom. The van der Waals surface area contributed by atoms with E-state index in [2.05, 4.69) is 15.4 Å². The Bertz CT molecular complexity index is 1360. The number of pyridine rings is 1. The highest BCUT2D eigenvalue weighted by molar-refractivity contribution is 5.91. The molecule has 1 N–H and O–H groups in total. The van der Waals surface area contributed by atoms with Crippen molar-refractivity contribution in [2.75, 3.05) is 0 Å². The molecule has 160 valence electrons. The number of hydrogen-bond acceptors (Lipinski definition) is 5. The Labute approximate surface area is 183 Å². The minimum absolute atomic E-state index is 0.0212. The van der Waals surface area contributed by atoms with Crippen molar-refractivity contribution < 1.29 is 4.79 Å². The van der Waals surface area contributed by atoms with Gasteiger partial charge in [0.15, 0.2) is 0 Å². The largest absolute Gasteiger partial charge is 0.352 e. The normalized spacial score (nSPS) is 10.7. The molecule has 0 aliphatic heterocycles. The van der Waals surface area contributed by atoms with Crippen LogP contribution in [0.15, 0.2) is 88.6 Å². The summed E-state index contributed by atoms with van der Waals surface area (Å²) in [6.45, 7) is 2.03. The van der Waals surface area contributed by atoms with Crippen LogP contribution in [0.1, 0.15) is 27.3 Å². The average Bonchev–Trinajstić information content (AvgIpc) is 2.81. The molecule has 0 atom stereocenters. The van der Waals surface area contributed by atoms with Crippen molar-refractivity contribution in [2.24, 2.45) is 0 Å². The molecule has 8 nitrogen and oxygen atoms in total. The van der Waals surface area contributed by atoms with E-state index in [0.29, 0.717) is 11.4 Å². The summed E-state index contributed by atoms with van der Waals surface area (Å²) in [6, 6.07) is 21.6. The number of nitrogens with zero attached hydrogens (tertiary/aromatic N) is 4. The number of carbonyl (C=O) groups is 1. The summed E-state index contributed by atoms with van der Waals surface area (Å²) in [4.78, 5) is 43.3. The molecule has 0 radical (unpaired) electrons. The Kier molecular flexibility index (Phi) is 6.03. The van der Waals surface area contributed by atoms with E-state index in [1.807, 2.05) is 43.3 Å². The number of nitrogens with one attached hydrogen (secondary N) is 1. The van der Waals surface area contributed by atoms with Gasteiger partial charge in [0, 0.05) is 6.20 Å². The molecule has 2 aromatic carbocycles. The zero-order valence-electron chi connectivity index (χ0n) is 17.4. The zero-order chi connectivity index (χ0) is 22.5. The summed E-state index contributed by atoms with van der Waals surface area (Å²) >= 11 is 0. The number of amides is 1. The molecule has 0 aliphatic carbocycles. The van der Waals surface area contributed by atoms with Gasteiger partial charge in [0.1, 0.15) is 0 Å². The van der Waals surface area contributed by atoms with Gasteiger partial charge in [-0.2, -0.15) is 9.78 Å². The minimum atomic E-state index is -0.749. The second kappa shape index (κ2) is 9.22. The van der Waals surface area contributed by atoms with Gasteiger partial charge in [-0.15, -0.1) is 0 Å². The lowest BCUT2D eigenvalue weighted by Crippen LogP contribution is -2.46. The Morgan fingerprint density at radius 2 is 1.75 bits per heavy atom. The fourth-order valence-electron chi connectivity index (χ4n) is 3.25. The maximum absolute atomic E-state index is 13.2. The number of hydrogen-bond donors (Lipinski definition) is 1. The van der Waals surface area contributed by atoms with Gasteiger partial charge in [-0.3, -0.25) is 19.1 Å². The third-order valence-electron chi connectivity index (χ3n) is 4.86. The third kappa shape index (κ3) is 4.54. The van der Waals surface area contributed by atoms with Gasteiger partial charge in [0.25, 0.3) is 11.5 Å². The molecule has 32 heavy (non-hydrogen) atoms. The average molecular weight is 427 g/mol. The molecule has 0 bridgehead atoms. The molecular formula is C24H21N5O3. The number of rotatable bonds is 6. The van der Waals surface area contributed by atoms with E-state index in [1.165, 1.54) is 0 Å². The summed E-state index contributed by atoms with van der Waals surface area (Å²) in [5.74, 6) is -0.677. The van der Waals surface area contributed by atoms with Crippen LogP contribution < -0.4 is 16.6 Å². The van der Waals surface area contributed by atoms with Crippen LogP contribution in [0.25, 0.3) is 5.69 Å². The van der Waals surface area contributed by atoms with E-state index >= 15 is 0 Å². The summed E-state index contributed by atoms with van der Waals surface area (Å²) in [5.41, 5.74) is 1.05. The number of benzene rings is 2. The first-order valence-corrected chi connectivity index (χ1v) is 10.1. The van der Waals surface area contributed by atoms with Gasteiger partial charge in [-0.05, 0) is 42.3 Å². The van der Waals surface area contributed by atoms with Gasteiger partial charge in [-0.25, -0.2) is 4.79 Å². The standard InChI is InChI=1S/C24H21N5O3/c1-17-8-7-12-20(14-17)29-24(32)28(16-18-9-3-2-4-10-18)23(31)21(27-29)22(30)26-15-19-11-5-6-13-25-19/h2-14H,15-16H2,1H3,(H,26,30). The summed E-state index contributed by atoms with van der Waals surface area (Å²) in [5, 5.41) is 6.80. The highest BCUT2D eigenvalue weighted by Gasteiger charge is 2.20. The van der Waals surface area contributed by atoms with Gasteiger partial charge < -0.3 is 5.32 Å². The molecule has 0 saturated heterocycles. The lowest BCUT2D eigenvalue weighted by Gasteiger charge is -2.12. The lowest BCUT2D eigenvalue weighted by molar-refractivity contribution is 0.0940. The Balaban J connectivity index is 1.78. The van der Waals surface area contributed by atoms with Gasteiger partial charge in [0.05, 0.1) is 24.5 Å². The summed E-state index contributed by atoms with van der Waals surface area (Å²) in [7, 11) is 0. The van der Waals surface area contributed by atoms with Crippen molar-refractivity contribution in [3.05, 3.63) is 122 Å². The molecule has 0 fully saturated rings. The molecule has 4 rings (SSSR count). The lowest BCUT2D eigenvalue weighted by atomic mass is 10.2. The fourth-order valence-corrected chi connectivity index (χ4v) is 3.25. The molecule has 0 spiro atoms. The second-order valence-corrected chi connectivity index (χ2v) is 7.26. The maximum atomic E-state index is 13.2. The molecule has 8 heteroatoms. The fraction of sp³-hybridized carbons (Fsp3) is 0.125. The van der Waals surface area contributed by atoms with Gasteiger partial charge in [0.2, 0.25) is 5.69 Å². The smallest absolute Gasteiger partial charge is 0.345 e. The first-order valence-electron chi connectivity index (χ1n) is 10.1. The SMILES string of the molecule is Cc1cccc(-n2nc(C(=O)NCc3ccccn3)c(=O)n(Cc3ccccc3)c2=O)c1. The first-order chi connectivity index (χ1) is 15.5. The van der Waals surface area contributed by atoms with Crippen molar-refractivity contribution in [3.63, 3.8) is 0 Å². The number of aromatic nitrogens is 4. The van der Waals surface area contributed by atoms with E-state index in [4.69, 9.17) is 0 Å². The van der Waals surface area contributed by atoms with Crippen molar-refractivity contribution in [3.8, 4) is 5.69 Å². The third-order valence-corrected chi connectivity index (χ3v) is 4.86. The van der Waals surface area contributed by atoms with Crippen LogP contribution in [0.2, 0.25) is 0 Å². The molecule has 2 aromatic heterocycles. The van der Waals surface area contributed by atoms with Crippen LogP contribution in [0, 0.1) is 6.92 Å². The number of carbonyl (C=O) groups excluding carboxylic acids is 1. The van der Waals surface area contributed by atoms with Crippen LogP contribution >= 0.6 is 0 Å². The van der Waals surface area contributed by atoms with Crippen LogP contribution in [0.4, 0.5) is 0 Å². The van der Waals surface area contributed by atoms with Crippen LogP contribution in [-0.2, 0) is 13.1 Å². The topological polar surface area (TPSA) is 98.9 Å². The van der Waals surface area contributed by atoms with E-state index in [1.54, 1.807) is 42.6 Å². The highest BCUT2D eigenvalue weighted by atomic mass is 16.2. The molecule has 0 saturated carbocycles. The predicted molar refractivity (Wildman–Crippen MR) is 120 cm³/mol. The first kappa shape index (κ1) is 20.9.